The zero-order valence-electron chi connectivity index (χ0n) is 17.6. The van der Waals surface area contributed by atoms with Gasteiger partial charge in [-0.05, 0) is 43.5 Å². The molecule has 14 heteroatoms. The molecule has 2 aromatic heterocycles. The van der Waals surface area contributed by atoms with Crippen LogP contribution in [-0.2, 0) is 9.47 Å². The largest absolute Gasteiger partial charge is 0.439 e. The van der Waals surface area contributed by atoms with E-state index in [1.54, 1.807) is 6.07 Å². The van der Waals surface area contributed by atoms with Gasteiger partial charge >= 0.3 is 5.76 Å². The van der Waals surface area contributed by atoms with Gasteiger partial charge in [0.25, 0.3) is 5.91 Å². The van der Waals surface area contributed by atoms with Crippen LogP contribution in [0.25, 0.3) is 0 Å². The molecule has 3 aromatic rings. The number of aromatic amines is 1. The van der Waals surface area contributed by atoms with E-state index < -0.39 is 17.8 Å². The first-order valence-corrected chi connectivity index (χ1v) is 11.3. The molecular weight excluding hydrogens is 513 g/mol. The summed E-state index contributed by atoms with van der Waals surface area (Å²) in [4.78, 5) is 25.3. The maximum Gasteiger partial charge on any atom is 0.439 e. The molecule has 1 aliphatic heterocycles. The molecule has 0 radical (unpaired) electrons. The third-order valence-corrected chi connectivity index (χ3v) is 5.66. The Morgan fingerprint density at radius 3 is 2.62 bits per heavy atom. The first kappa shape index (κ1) is 24.4. The zero-order chi connectivity index (χ0) is 24.2. The molecule has 1 aliphatic rings. The number of amides is 1. The molecule has 2 atom stereocenters. The van der Waals surface area contributed by atoms with Crippen molar-refractivity contribution in [1.82, 2.24) is 20.3 Å². The van der Waals surface area contributed by atoms with Crippen LogP contribution in [0.3, 0.4) is 0 Å². The van der Waals surface area contributed by atoms with Crippen molar-refractivity contribution in [2.24, 2.45) is 0 Å². The Labute approximate surface area is 207 Å². The maximum atomic E-state index is 12.1. The molecule has 34 heavy (non-hydrogen) atoms. The molecule has 11 nitrogen and oxygen atoms in total. The molecule has 1 amide bonds. The van der Waals surface area contributed by atoms with E-state index in [2.05, 4.69) is 30.2 Å². The molecule has 180 valence electrons. The highest BCUT2D eigenvalue weighted by Crippen LogP contribution is 2.39. The molecule has 0 spiro atoms. The van der Waals surface area contributed by atoms with Crippen LogP contribution in [0.4, 0.5) is 5.69 Å². The molecule has 1 aromatic carbocycles. The molecule has 0 bridgehead atoms. The van der Waals surface area contributed by atoms with Gasteiger partial charge in [0, 0.05) is 23.9 Å². The normalized spacial score (nSPS) is 16.8. The Balaban J connectivity index is 1.49. The smallest absolute Gasteiger partial charge is 0.434 e. The molecule has 1 fully saturated rings. The maximum absolute atomic E-state index is 12.1. The highest BCUT2D eigenvalue weighted by Gasteiger charge is 2.22. The Bertz CT molecular complexity index is 1220. The minimum absolute atomic E-state index is 0.0784. The lowest BCUT2D eigenvalue weighted by Crippen LogP contribution is -2.23. The Kier molecular flexibility index (Phi) is 7.69. The summed E-state index contributed by atoms with van der Waals surface area (Å²) in [6.45, 7) is 2.47. The molecule has 1 saturated heterocycles. The fraction of sp³-hybridized carbons (Fsp3) is 0.350. The summed E-state index contributed by atoms with van der Waals surface area (Å²) in [5.74, 6) is -1.73. The van der Waals surface area contributed by atoms with E-state index in [-0.39, 0.29) is 44.6 Å². The van der Waals surface area contributed by atoms with Crippen LogP contribution in [0.2, 0.25) is 15.2 Å². The van der Waals surface area contributed by atoms with Gasteiger partial charge in [-0.1, -0.05) is 34.8 Å². The number of rotatable bonds is 7. The van der Waals surface area contributed by atoms with Gasteiger partial charge in [0.1, 0.15) is 0 Å². The van der Waals surface area contributed by atoms with Crippen molar-refractivity contribution >= 4 is 46.4 Å². The second-order valence-electron chi connectivity index (χ2n) is 7.27. The number of carbonyl (C=O) groups excluding carboxylic acids is 1. The van der Waals surface area contributed by atoms with E-state index in [0.29, 0.717) is 12.2 Å². The highest BCUT2D eigenvalue weighted by molar-refractivity contribution is 6.37. The molecule has 0 saturated carbocycles. The fourth-order valence-corrected chi connectivity index (χ4v) is 3.99. The highest BCUT2D eigenvalue weighted by atomic mass is 35.5. The van der Waals surface area contributed by atoms with E-state index >= 15 is 0 Å². The number of carbonyl (C=O) groups is 1. The third kappa shape index (κ3) is 5.86. The first-order chi connectivity index (χ1) is 16.3. The lowest BCUT2D eigenvalue weighted by Gasteiger charge is -2.26. The van der Waals surface area contributed by atoms with Crippen molar-refractivity contribution in [2.45, 2.75) is 38.6 Å². The number of halogens is 3. The van der Waals surface area contributed by atoms with Gasteiger partial charge in [-0.2, -0.15) is 0 Å². The summed E-state index contributed by atoms with van der Waals surface area (Å²) < 4.78 is 21.6. The summed E-state index contributed by atoms with van der Waals surface area (Å²) in [5.41, 5.74) is 0.784. The molecule has 4 rings (SSSR count). The molecule has 2 N–H and O–H groups in total. The van der Waals surface area contributed by atoms with E-state index in [0.717, 1.165) is 19.3 Å². The Hall–Kier alpha value is -2.70. The van der Waals surface area contributed by atoms with Crippen LogP contribution >= 0.6 is 34.8 Å². The van der Waals surface area contributed by atoms with E-state index in [4.69, 9.17) is 49.0 Å². The lowest BCUT2D eigenvalue weighted by molar-refractivity contribution is -0.186. The summed E-state index contributed by atoms with van der Waals surface area (Å²) in [6.07, 6.45) is 2.08. The molecule has 0 aliphatic carbocycles. The number of benzene rings is 1. The van der Waals surface area contributed by atoms with Gasteiger partial charge in [-0.3, -0.25) is 14.3 Å². The van der Waals surface area contributed by atoms with Crippen molar-refractivity contribution in [2.75, 3.05) is 11.9 Å². The second kappa shape index (κ2) is 10.7. The predicted octanol–water partition coefficient (Wildman–Crippen LogP) is 4.76. The zero-order valence-corrected chi connectivity index (χ0v) is 19.9. The van der Waals surface area contributed by atoms with Gasteiger partial charge in [-0.25, -0.2) is 4.79 Å². The average Bonchev–Trinajstić information content (AvgIpc) is 3.24. The van der Waals surface area contributed by atoms with E-state index in [1.807, 2.05) is 6.92 Å². The number of anilines is 1. The third-order valence-electron chi connectivity index (χ3n) is 4.80. The number of ether oxygens (including phenoxy) is 3. The van der Waals surface area contributed by atoms with Gasteiger partial charge in [0.2, 0.25) is 11.7 Å². The van der Waals surface area contributed by atoms with Gasteiger partial charge in [0.15, 0.2) is 17.2 Å². The van der Waals surface area contributed by atoms with Crippen LogP contribution < -0.4 is 15.8 Å². The minimum atomic E-state index is -0.862. The van der Waals surface area contributed by atoms with Crippen molar-refractivity contribution in [3.05, 3.63) is 55.3 Å². The molecular formula is C20H18Cl3N5O6. The number of nitrogens with zero attached hydrogens (tertiary/aromatic N) is 3. The summed E-state index contributed by atoms with van der Waals surface area (Å²) in [7, 11) is 0. The van der Waals surface area contributed by atoms with Crippen molar-refractivity contribution in [3.63, 3.8) is 0 Å². The minimum Gasteiger partial charge on any atom is -0.434 e. The van der Waals surface area contributed by atoms with Crippen molar-refractivity contribution < 1.29 is 23.5 Å². The van der Waals surface area contributed by atoms with Gasteiger partial charge in [-0.15, -0.1) is 10.2 Å². The fourth-order valence-electron chi connectivity index (χ4n) is 3.18. The van der Waals surface area contributed by atoms with Crippen LogP contribution in [0.5, 0.6) is 11.6 Å². The molecule has 3 heterocycles. The Morgan fingerprint density at radius 2 is 1.97 bits per heavy atom. The van der Waals surface area contributed by atoms with Crippen LogP contribution in [-0.4, -0.2) is 39.1 Å². The van der Waals surface area contributed by atoms with E-state index in [1.165, 1.54) is 12.1 Å². The lowest BCUT2D eigenvalue weighted by atomic mass is 10.2. The standard InChI is InChI=1S/C20H18Cl3N5O6/c1-9(32-15-4-2-3-5-31-15)11-8-14(26-27-17(11)23)33-16-12(21)6-10(7-13(16)22)24-19(29)18-25-20(30)34-28-18/h6-9,15H,2-5H2,1H3,(H,24,29)(H,25,28,30). The van der Waals surface area contributed by atoms with Crippen molar-refractivity contribution in [3.8, 4) is 11.6 Å². The second-order valence-corrected chi connectivity index (χ2v) is 8.44. The van der Waals surface area contributed by atoms with Crippen LogP contribution in [0.15, 0.2) is 27.5 Å². The van der Waals surface area contributed by atoms with E-state index in [9.17, 15) is 9.59 Å². The topological polar surface area (TPSA) is 141 Å². The quantitative estimate of drug-likeness (QED) is 0.442. The summed E-state index contributed by atoms with van der Waals surface area (Å²) in [5, 5.41) is 14.0. The number of hydrogen-bond acceptors (Lipinski definition) is 9. The predicted molar refractivity (Wildman–Crippen MR) is 122 cm³/mol. The SMILES string of the molecule is CC(OC1CCCCO1)c1cc(Oc2c(Cl)cc(NC(=O)c3noc(=O)[nH]3)cc2Cl)nnc1Cl. The number of H-pyrrole nitrogens is 1. The first-order valence-electron chi connectivity index (χ1n) is 10.1. The average molecular weight is 531 g/mol. The monoisotopic (exact) mass is 529 g/mol. The van der Waals surface area contributed by atoms with Crippen molar-refractivity contribution in [1.29, 1.82) is 0 Å². The van der Waals surface area contributed by atoms with Crippen LogP contribution in [0, 0.1) is 0 Å². The Morgan fingerprint density at radius 1 is 1.21 bits per heavy atom. The van der Waals surface area contributed by atoms with Gasteiger partial charge in [0.05, 0.1) is 16.1 Å². The number of nitrogens with one attached hydrogen (secondary N) is 2. The van der Waals surface area contributed by atoms with Gasteiger partial charge < -0.3 is 19.5 Å². The van der Waals surface area contributed by atoms with Crippen LogP contribution in [0.1, 0.15) is 48.5 Å². The number of hydrogen-bond donors (Lipinski definition) is 2. The summed E-state index contributed by atoms with van der Waals surface area (Å²) in [6, 6.07) is 4.37. The number of aromatic nitrogens is 4. The molecule has 2 unspecified atom stereocenters. The summed E-state index contributed by atoms with van der Waals surface area (Å²) >= 11 is 18.8.